The van der Waals surface area contributed by atoms with Gasteiger partial charge in [0.25, 0.3) is 0 Å². The van der Waals surface area contributed by atoms with Crippen LogP contribution >= 0.6 is 0 Å². The molecule has 1 N–H and O–H groups in total. The predicted molar refractivity (Wildman–Crippen MR) is 79.6 cm³/mol. The van der Waals surface area contributed by atoms with E-state index < -0.39 is 0 Å². The molecule has 0 aliphatic heterocycles. The van der Waals surface area contributed by atoms with Crippen LogP contribution in [0.5, 0.6) is 0 Å². The molecule has 106 valence electrons. The van der Waals surface area contributed by atoms with Crippen molar-refractivity contribution < 1.29 is 0 Å². The van der Waals surface area contributed by atoms with Gasteiger partial charge in [-0.3, -0.25) is 0 Å². The van der Waals surface area contributed by atoms with Crippen molar-refractivity contribution in [3.63, 3.8) is 0 Å². The number of nitrogens with one attached hydrogen (secondary N) is 1. The van der Waals surface area contributed by atoms with Crippen LogP contribution in [0.4, 0.5) is 0 Å². The Morgan fingerprint density at radius 1 is 1.17 bits per heavy atom. The zero-order chi connectivity index (χ0) is 13.3. The monoisotopic (exact) mass is 251 g/mol. The quantitative estimate of drug-likeness (QED) is 0.760. The van der Waals surface area contributed by atoms with Gasteiger partial charge in [-0.05, 0) is 61.3 Å². The summed E-state index contributed by atoms with van der Waals surface area (Å²) in [5, 5.41) is 3.89. The number of hydrogen-bond acceptors (Lipinski definition) is 1. The average Bonchev–Trinajstić information content (AvgIpc) is 2.93. The largest absolute Gasteiger partial charge is 0.313 e. The second kappa shape index (κ2) is 5.53. The smallest absolute Gasteiger partial charge is 0.0129 e. The second-order valence-electron chi connectivity index (χ2n) is 7.81. The first-order valence-electron chi connectivity index (χ1n) is 8.19. The maximum Gasteiger partial charge on any atom is 0.0129 e. The van der Waals surface area contributed by atoms with Crippen LogP contribution < -0.4 is 5.32 Å². The van der Waals surface area contributed by atoms with Crippen LogP contribution in [0.1, 0.15) is 66.7 Å². The van der Waals surface area contributed by atoms with Gasteiger partial charge in [-0.15, -0.1) is 0 Å². The van der Waals surface area contributed by atoms with Gasteiger partial charge in [0.05, 0.1) is 0 Å². The van der Waals surface area contributed by atoms with Crippen molar-refractivity contribution in [2.75, 3.05) is 6.54 Å². The Morgan fingerprint density at radius 3 is 2.33 bits per heavy atom. The zero-order valence-corrected chi connectivity index (χ0v) is 13.1. The van der Waals surface area contributed by atoms with Crippen LogP contribution in [0.25, 0.3) is 0 Å². The summed E-state index contributed by atoms with van der Waals surface area (Å²) in [7, 11) is 0. The minimum atomic E-state index is 0.609. The summed E-state index contributed by atoms with van der Waals surface area (Å²) >= 11 is 0. The molecule has 2 aliphatic carbocycles. The van der Waals surface area contributed by atoms with Gasteiger partial charge < -0.3 is 5.32 Å². The van der Waals surface area contributed by atoms with Crippen molar-refractivity contribution in [3.8, 4) is 0 Å². The van der Waals surface area contributed by atoms with E-state index in [-0.39, 0.29) is 0 Å². The Morgan fingerprint density at radius 2 is 1.83 bits per heavy atom. The van der Waals surface area contributed by atoms with Crippen LogP contribution in [-0.4, -0.2) is 12.6 Å². The lowest BCUT2D eigenvalue weighted by molar-refractivity contribution is 0.154. The van der Waals surface area contributed by atoms with Crippen molar-refractivity contribution in [2.45, 2.75) is 72.8 Å². The van der Waals surface area contributed by atoms with Crippen molar-refractivity contribution >= 4 is 0 Å². The molecule has 0 spiro atoms. The van der Waals surface area contributed by atoms with Crippen LogP contribution in [0.15, 0.2) is 0 Å². The molecule has 1 nitrogen and oxygen atoms in total. The van der Waals surface area contributed by atoms with E-state index >= 15 is 0 Å². The highest BCUT2D eigenvalue weighted by atomic mass is 14.9. The van der Waals surface area contributed by atoms with Gasteiger partial charge in [-0.2, -0.15) is 0 Å². The third-order valence-electron chi connectivity index (χ3n) is 5.80. The molecule has 2 saturated carbocycles. The van der Waals surface area contributed by atoms with Gasteiger partial charge in [0.2, 0.25) is 0 Å². The van der Waals surface area contributed by atoms with Crippen LogP contribution in [0.3, 0.4) is 0 Å². The SMILES string of the molecule is CCCNC(C1CCC(C)C(C)C1)C1CC1(C)C. The van der Waals surface area contributed by atoms with Gasteiger partial charge in [0.1, 0.15) is 0 Å². The van der Waals surface area contributed by atoms with E-state index in [0.29, 0.717) is 5.41 Å². The highest BCUT2D eigenvalue weighted by molar-refractivity contribution is 5.04. The van der Waals surface area contributed by atoms with Crippen molar-refractivity contribution in [1.29, 1.82) is 0 Å². The van der Waals surface area contributed by atoms with Gasteiger partial charge in [-0.25, -0.2) is 0 Å². The molecule has 0 bridgehead atoms. The highest BCUT2D eigenvalue weighted by Gasteiger charge is 2.52. The molecule has 0 radical (unpaired) electrons. The summed E-state index contributed by atoms with van der Waals surface area (Å²) in [6.45, 7) is 13.3. The minimum absolute atomic E-state index is 0.609. The van der Waals surface area contributed by atoms with Crippen LogP contribution in [0.2, 0.25) is 0 Å². The molecule has 0 aromatic heterocycles. The highest BCUT2D eigenvalue weighted by Crippen LogP contribution is 2.56. The third kappa shape index (κ3) is 3.10. The number of hydrogen-bond donors (Lipinski definition) is 1. The maximum absolute atomic E-state index is 3.89. The minimum Gasteiger partial charge on any atom is -0.313 e. The Bertz CT molecular complexity index is 271. The van der Waals surface area contributed by atoms with E-state index in [4.69, 9.17) is 0 Å². The van der Waals surface area contributed by atoms with Crippen LogP contribution in [-0.2, 0) is 0 Å². The van der Waals surface area contributed by atoms with Crippen molar-refractivity contribution in [1.82, 2.24) is 5.32 Å². The average molecular weight is 251 g/mol. The second-order valence-corrected chi connectivity index (χ2v) is 7.81. The van der Waals surface area contributed by atoms with Gasteiger partial charge in [0, 0.05) is 6.04 Å². The molecule has 0 heterocycles. The maximum atomic E-state index is 3.89. The topological polar surface area (TPSA) is 12.0 Å². The molecule has 0 amide bonds. The molecule has 0 aromatic carbocycles. The molecular formula is C17H33N. The molecule has 0 aromatic rings. The normalized spacial score (nSPS) is 40.5. The van der Waals surface area contributed by atoms with E-state index in [2.05, 4.69) is 39.9 Å². The lowest BCUT2D eigenvalue weighted by Crippen LogP contribution is -2.42. The van der Waals surface area contributed by atoms with E-state index in [1.165, 1.54) is 38.6 Å². The lowest BCUT2D eigenvalue weighted by Gasteiger charge is -2.38. The van der Waals surface area contributed by atoms with Gasteiger partial charge in [-0.1, -0.05) is 41.0 Å². The summed E-state index contributed by atoms with van der Waals surface area (Å²) < 4.78 is 0. The molecule has 5 unspecified atom stereocenters. The first-order valence-corrected chi connectivity index (χ1v) is 8.19. The number of rotatable bonds is 5. The summed E-state index contributed by atoms with van der Waals surface area (Å²) in [5.41, 5.74) is 0.609. The Kier molecular flexibility index (Phi) is 4.41. The molecule has 5 atom stereocenters. The Labute approximate surface area is 114 Å². The molecule has 2 fully saturated rings. The fourth-order valence-electron chi connectivity index (χ4n) is 3.98. The van der Waals surface area contributed by atoms with E-state index in [9.17, 15) is 0 Å². The summed E-state index contributed by atoms with van der Waals surface area (Å²) in [5.74, 6) is 3.75. The predicted octanol–water partition coefficient (Wildman–Crippen LogP) is 4.47. The zero-order valence-electron chi connectivity index (χ0n) is 13.1. The Hall–Kier alpha value is -0.0400. The standard InChI is InChI=1S/C17H33N/c1-6-9-18-16(15-11-17(15,4)5)14-8-7-12(2)13(3)10-14/h12-16,18H,6-11H2,1-5H3. The summed E-state index contributed by atoms with van der Waals surface area (Å²) in [6.07, 6.45) is 7.06. The fourth-order valence-corrected chi connectivity index (χ4v) is 3.98. The third-order valence-corrected chi connectivity index (χ3v) is 5.80. The summed E-state index contributed by atoms with van der Waals surface area (Å²) in [6, 6.07) is 0.801. The van der Waals surface area contributed by atoms with Crippen molar-refractivity contribution in [3.05, 3.63) is 0 Å². The first kappa shape index (κ1) is 14.4. The molecule has 2 rings (SSSR count). The van der Waals surface area contributed by atoms with E-state index in [0.717, 1.165) is 29.7 Å². The van der Waals surface area contributed by atoms with E-state index in [1.807, 2.05) is 0 Å². The van der Waals surface area contributed by atoms with Gasteiger partial charge >= 0.3 is 0 Å². The molecule has 0 saturated heterocycles. The molecule has 1 heteroatoms. The summed E-state index contributed by atoms with van der Waals surface area (Å²) in [4.78, 5) is 0. The van der Waals surface area contributed by atoms with Gasteiger partial charge in [0.15, 0.2) is 0 Å². The first-order chi connectivity index (χ1) is 8.45. The van der Waals surface area contributed by atoms with E-state index in [1.54, 1.807) is 0 Å². The molecule has 18 heavy (non-hydrogen) atoms. The Balaban J connectivity index is 1.96. The molecular weight excluding hydrogens is 218 g/mol. The van der Waals surface area contributed by atoms with Crippen LogP contribution in [0, 0.1) is 29.1 Å². The van der Waals surface area contributed by atoms with Crippen molar-refractivity contribution in [2.24, 2.45) is 29.1 Å². The lowest BCUT2D eigenvalue weighted by atomic mass is 9.72. The fraction of sp³-hybridized carbons (Fsp3) is 1.00. The molecule has 2 aliphatic rings.